The molecule has 1 atom stereocenters. The lowest BCUT2D eigenvalue weighted by Gasteiger charge is -1.97. The smallest absolute Gasteiger partial charge is 0.251 e. The summed E-state index contributed by atoms with van der Waals surface area (Å²) in [6, 6.07) is 8.13. The summed E-state index contributed by atoms with van der Waals surface area (Å²) in [6.45, 7) is 4.98. The number of nitrogens with zero attached hydrogens (tertiary/aromatic N) is 1. The third-order valence-electron chi connectivity index (χ3n) is 2.00. The third-order valence-corrected chi connectivity index (χ3v) is 2.95. The van der Waals surface area contributed by atoms with Crippen molar-refractivity contribution in [2.24, 2.45) is 4.99 Å². The van der Waals surface area contributed by atoms with E-state index in [0.29, 0.717) is 5.25 Å². The van der Waals surface area contributed by atoms with Gasteiger partial charge in [-0.3, -0.25) is 0 Å². The van der Waals surface area contributed by atoms with Crippen LogP contribution in [0.3, 0.4) is 0 Å². The number of ether oxygens (including phenoxy) is 1. The summed E-state index contributed by atoms with van der Waals surface area (Å²) in [5.41, 5.74) is 2.22. The van der Waals surface area contributed by atoms with Crippen molar-refractivity contribution in [1.29, 1.82) is 0 Å². The van der Waals surface area contributed by atoms with Gasteiger partial charge in [0.25, 0.3) is 5.23 Å². The number of hydrogen-bond donors (Lipinski definition) is 0. The molecule has 0 aromatic heterocycles. The van der Waals surface area contributed by atoms with Gasteiger partial charge in [-0.15, -0.1) is 0 Å². The molecule has 0 saturated carbocycles. The van der Waals surface area contributed by atoms with Gasteiger partial charge in [-0.25, -0.2) is 4.99 Å². The van der Waals surface area contributed by atoms with Crippen LogP contribution in [-0.2, 0) is 4.74 Å². The second kappa shape index (κ2) is 4.05. The Morgan fingerprint density at radius 3 is 2.64 bits per heavy atom. The van der Waals surface area contributed by atoms with E-state index >= 15 is 0 Å². The van der Waals surface area contributed by atoms with E-state index in [1.807, 2.05) is 12.1 Å². The zero-order valence-electron chi connectivity index (χ0n) is 8.36. The topological polar surface area (TPSA) is 21.6 Å². The molecule has 2 nitrogen and oxygen atoms in total. The second-order valence-electron chi connectivity index (χ2n) is 3.45. The molecule has 0 N–H and O–H groups in total. The molecule has 3 heteroatoms. The monoisotopic (exact) mass is 207 g/mol. The highest BCUT2D eigenvalue weighted by atomic mass is 32.2. The zero-order valence-corrected chi connectivity index (χ0v) is 9.17. The SMILES string of the molecule is Cc1ccc(N=C2OCC(C)S2)cc1. The van der Waals surface area contributed by atoms with Crippen molar-refractivity contribution >= 4 is 22.7 Å². The lowest BCUT2D eigenvalue weighted by molar-refractivity contribution is 0.333. The molecule has 1 unspecified atom stereocenters. The Kier molecular flexibility index (Phi) is 2.77. The largest absolute Gasteiger partial charge is 0.472 e. The summed E-state index contributed by atoms with van der Waals surface area (Å²) in [7, 11) is 0. The van der Waals surface area contributed by atoms with Crippen LogP contribution in [0.5, 0.6) is 0 Å². The van der Waals surface area contributed by atoms with Crippen LogP contribution in [0.25, 0.3) is 0 Å². The van der Waals surface area contributed by atoms with Crippen LogP contribution in [-0.4, -0.2) is 17.1 Å². The van der Waals surface area contributed by atoms with E-state index in [9.17, 15) is 0 Å². The molecule has 1 saturated heterocycles. The predicted octanol–water partition coefficient (Wildman–Crippen LogP) is 3.13. The van der Waals surface area contributed by atoms with E-state index < -0.39 is 0 Å². The fraction of sp³-hybridized carbons (Fsp3) is 0.364. The highest BCUT2D eigenvalue weighted by molar-refractivity contribution is 8.14. The molecule has 2 rings (SSSR count). The second-order valence-corrected chi connectivity index (χ2v) is 4.84. The van der Waals surface area contributed by atoms with Crippen LogP contribution >= 0.6 is 11.8 Å². The summed E-state index contributed by atoms with van der Waals surface area (Å²) >= 11 is 1.69. The Bertz CT molecular complexity index is 345. The van der Waals surface area contributed by atoms with E-state index in [1.165, 1.54) is 5.56 Å². The normalized spacial score (nSPS) is 23.9. The van der Waals surface area contributed by atoms with Crippen molar-refractivity contribution < 1.29 is 4.74 Å². The molecule has 0 radical (unpaired) electrons. The summed E-state index contributed by atoms with van der Waals surface area (Å²) in [5.74, 6) is 0. The first-order valence-electron chi connectivity index (χ1n) is 4.69. The van der Waals surface area contributed by atoms with Gasteiger partial charge in [-0.2, -0.15) is 0 Å². The Hall–Kier alpha value is -0.960. The van der Waals surface area contributed by atoms with Gasteiger partial charge in [0.15, 0.2) is 0 Å². The number of rotatable bonds is 1. The highest BCUT2D eigenvalue weighted by Crippen LogP contribution is 2.25. The lowest BCUT2D eigenvalue weighted by atomic mass is 10.2. The van der Waals surface area contributed by atoms with Gasteiger partial charge in [0, 0.05) is 5.25 Å². The molecule has 1 aliphatic heterocycles. The van der Waals surface area contributed by atoms with E-state index in [2.05, 4.69) is 31.0 Å². The molecule has 74 valence electrons. The molecule has 0 bridgehead atoms. The number of aliphatic imine (C=N–C) groups is 1. The van der Waals surface area contributed by atoms with Crippen molar-refractivity contribution in [3.8, 4) is 0 Å². The summed E-state index contributed by atoms with van der Waals surface area (Å²) in [6.07, 6.45) is 0. The number of hydrogen-bond acceptors (Lipinski definition) is 3. The third kappa shape index (κ3) is 2.29. The Labute approximate surface area is 88.4 Å². The van der Waals surface area contributed by atoms with Crippen LogP contribution in [0.4, 0.5) is 5.69 Å². The number of thioether (sulfide) groups is 1. The van der Waals surface area contributed by atoms with E-state index in [0.717, 1.165) is 17.5 Å². The Morgan fingerprint density at radius 2 is 2.07 bits per heavy atom. The quantitative estimate of drug-likeness (QED) is 0.705. The van der Waals surface area contributed by atoms with E-state index in [1.54, 1.807) is 11.8 Å². The molecular weight excluding hydrogens is 194 g/mol. The van der Waals surface area contributed by atoms with Crippen LogP contribution in [0.15, 0.2) is 29.3 Å². The first-order chi connectivity index (χ1) is 6.74. The number of aryl methyl sites for hydroxylation is 1. The minimum absolute atomic E-state index is 0.527. The Morgan fingerprint density at radius 1 is 1.36 bits per heavy atom. The van der Waals surface area contributed by atoms with E-state index in [4.69, 9.17) is 4.74 Å². The van der Waals surface area contributed by atoms with Crippen molar-refractivity contribution in [3.05, 3.63) is 29.8 Å². The molecule has 1 aromatic rings. The van der Waals surface area contributed by atoms with Gasteiger partial charge in [-0.1, -0.05) is 29.5 Å². The predicted molar refractivity (Wildman–Crippen MR) is 61.3 cm³/mol. The number of benzene rings is 1. The summed E-state index contributed by atoms with van der Waals surface area (Å²) < 4.78 is 5.41. The van der Waals surface area contributed by atoms with Crippen molar-refractivity contribution in [2.75, 3.05) is 6.61 Å². The van der Waals surface area contributed by atoms with Crippen molar-refractivity contribution in [2.45, 2.75) is 19.1 Å². The van der Waals surface area contributed by atoms with Crippen LogP contribution in [0, 0.1) is 6.92 Å². The van der Waals surface area contributed by atoms with Gasteiger partial charge in [0.1, 0.15) is 6.61 Å². The van der Waals surface area contributed by atoms with Gasteiger partial charge in [0.05, 0.1) is 5.69 Å². The molecule has 1 fully saturated rings. The van der Waals surface area contributed by atoms with Gasteiger partial charge in [-0.05, 0) is 26.0 Å². The molecular formula is C11H13NOS. The fourth-order valence-corrected chi connectivity index (χ4v) is 1.99. The zero-order chi connectivity index (χ0) is 9.97. The molecule has 0 amide bonds. The lowest BCUT2D eigenvalue weighted by Crippen LogP contribution is -1.93. The molecule has 1 aliphatic rings. The van der Waals surface area contributed by atoms with Crippen LogP contribution in [0.1, 0.15) is 12.5 Å². The average molecular weight is 207 g/mol. The average Bonchev–Trinajstić information content (AvgIpc) is 2.56. The first kappa shape index (κ1) is 9.59. The van der Waals surface area contributed by atoms with Gasteiger partial charge in [0.2, 0.25) is 0 Å². The first-order valence-corrected chi connectivity index (χ1v) is 5.57. The van der Waals surface area contributed by atoms with Crippen LogP contribution < -0.4 is 0 Å². The summed E-state index contributed by atoms with van der Waals surface area (Å²) in [4.78, 5) is 4.41. The maximum Gasteiger partial charge on any atom is 0.251 e. The van der Waals surface area contributed by atoms with E-state index in [-0.39, 0.29) is 0 Å². The molecule has 0 aliphatic carbocycles. The summed E-state index contributed by atoms with van der Waals surface area (Å²) in [5, 5.41) is 1.32. The molecule has 0 spiro atoms. The van der Waals surface area contributed by atoms with Crippen LogP contribution in [0.2, 0.25) is 0 Å². The minimum Gasteiger partial charge on any atom is -0.472 e. The van der Waals surface area contributed by atoms with Crippen molar-refractivity contribution in [3.63, 3.8) is 0 Å². The molecule has 1 heterocycles. The standard InChI is InChI=1S/C11H13NOS/c1-8-3-5-10(6-4-8)12-11-13-7-9(2)14-11/h3-6,9H,7H2,1-2H3. The maximum absolute atomic E-state index is 5.41. The molecule has 1 aromatic carbocycles. The molecule has 14 heavy (non-hydrogen) atoms. The van der Waals surface area contributed by atoms with Crippen molar-refractivity contribution in [1.82, 2.24) is 0 Å². The maximum atomic E-state index is 5.41. The fourth-order valence-electron chi connectivity index (χ4n) is 1.21. The van der Waals surface area contributed by atoms with Gasteiger partial charge >= 0.3 is 0 Å². The minimum atomic E-state index is 0.527. The highest BCUT2D eigenvalue weighted by Gasteiger charge is 2.18. The Balaban J connectivity index is 2.13. The van der Waals surface area contributed by atoms with Gasteiger partial charge < -0.3 is 4.74 Å².